The largest absolute Gasteiger partial charge is 0.492 e. The van der Waals surface area contributed by atoms with Crippen molar-refractivity contribution in [1.82, 2.24) is 15.0 Å². The summed E-state index contributed by atoms with van der Waals surface area (Å²) >= 11 is 0. The number of H-pyrrole nitrogens is 2. The lowest BCUT2D eigenvalue weighted by Crippen LogP contribution is -2.25. The van der Waals surface area contributed by atoms with Crippen LogP contribution in [0.25, 0.3) is 22.3 Å². The lowest BCUT2D eigenvalue weighted by Gasteiger charge is -2.21. The minimum atomic E-state index is -0.944. The quantitative estimate of drug-likeness (QED) is 0.248. The first-order valence-corrected chi connectivity index (χ1v) is 12.0. The van der Waals surface area contributed by atoms with Gasteiger partial charge in [0.2, 0.25) is 0 Å². The number of aliphatic carboxylic acids is 1. The molecule has 5 aromatic rings. The molecule has 0 radical (unpaired) electrons. The van der Waals surface area contributed by atoms with Crippen molar-refractivity contribution in [2.75, 3.05) is 6.61 Å². The van der Waals surface area contributed by atoms with E-state index in [0.29, 0.717) is 28.1 Å². The van der Waals surface area contributed by atoms with Crippen molar-refractivity contribution >= 4 is 16.9 Å². The summed E-state index contributed by atoms with van der Waals surface area (Å²) in [4.78, 5) is 21.9. The first-order valence-electron chi connectivity index (χ1n) is 12.0. The highest BCUT2D eigenvalue weighted by Crippen LogP contribution is 2.45. The Morgan fingerprint density at radius 3 is 2.84 bits per heavy atom. The van der Waals surface area contributed by atoms with Gasteiger partial charge in [0.05, 0.1) is 17.4 Å². The zero-order valence-corrected chi connectivity index (χ0v) is 20.6. The summed E-state index contributed by atoms with van der Waals surface area (Å²) in [7, 11) is 0. The Bertz CT molecular complexity index is 1720. The van der Waals surface area contributed by atoms with Crippen LogP contribution in [-0.2, 0) is 16.6 Å². The fourth-order valence-electron chi connectivity index (χ4n) is 5.06. The summed E-state index contributed by atoms with van der Waals surface area (Å²) < 4.78 is 41.6. The van der Waals surface area contributed by atoms with Gasteiger partial charge in [-0.05, 0) is 38.1 Å². The molecule has 9 heteroatoms. The SMILES string of the molecule is Cc1c(Oc2ccc(F)c(-c3ncc([C@]4(C)COc5c(CC(=O)O)cccc54)[nH]3)c2)c(F)cc2[nH]ccc12. The Balaban J connectivity index is 1.34. The molecule has 0 unspecified atom stereocenters. The smallest absolute Gasteiger partial charge is 0.307 e. The van der Waals surface area contributed by atoms with E-state index in [1.165, 1.54) is 24.3 Å². The van der Waals surface area contributed by atoms with Crippen LogP contribution in [0.1, 0.15) is 29.3 Å². The van der Waals surface area contributed by atoms with E-state index in [2.05, 4.69) is 15.0 Å². The minimum Gasteiger partial charge on any atom is -0.492 e. The van der Waals surface area contributed by atoms with Gasteiger partial charge in [-0.2, -0.15) is 0 Å². The number of nitrogens with zero attached hydrogens (tertiary/aromatic N) is 1. The van der Waals surface area contributed by atoms with Crippen LogP contribution >= 0.6 is 0 Å². The van der Waals surface area contributed by atoms with Crippen LogP contribution in [0.2, 0.25) is 0 Å². The third-order valence-corrected chi connectivity index (χ3v) is 7.13. The third-order valence-electron chi connectivity index (χ3n) is 7.13. The van der Waals surface area contributed by atoms with Crippen LogP contribution in [0.3, 0.4) is 0 Å². The van der Waals surface area contributed by atoms with E-state index in [9.17, 15) is 18.7 Å². The number of halogens is 2. The van der Waals surface area contributed by atoms with Crippen molar-refractivity contribution in [3.8, 4) is 28.6 Å². The second kappa shape index (κ2) is 8.72. The average molecular weight is 516 g/mol. The first-order chi connectivity index (χ1) is 18.2. The lowest BCUT2D eigenvalue weighted by molar-refractivity contribution is -0.136. The molecule has 0 bridgehead atoms. The zero-order valence-electron chi connectivity index (χ0n) is 20.6. The van der Waals surface area contributed by atoms with Gasteiger partial charge in [-0.25, -0.2) is 13.8 Å². The van der Waals surface area contributed by atoms with E-state index in [1.807, 2.05) is 19.1 Å². The van der Waals surface area contributed by atoms with Crippen molar-refractivity contribution in [3.63, 3.8) is 0 Å². The monoisotopic (exact) mass is 515 g/mol. The second-order valence-corrected chi connectivity index (χ2v) is 9.63. The molecule has 0 amide bonds. The predicted octanol–water partition coefficient (Wildman–Crippen LogP) is 6.26. The lowest BCUT2D eigenvalue weighted by atomic mass is 9.81. The number of rotatable bonds is 6. The van der Waals surface area contributed by atoms with Gasteiger partial charge in [0.25, 0.3) is 0 Å². The van der Waals surface area contributed by atoms with Crippen LogP contribution in [-0.4, -0.2) is 32.6 Å². The summed E-state index contributed by atoms with van der Waals surface area (Å²) in [5, 5.41) is 10.1. The van der Waals surface area contributed by atoms with E-state index >= 15 is 0 Å². The number of para-hydroxylation sites is 1. The molecule has 1 aliphatic rings. The van der Waals surface area contributed by atoms with E-state index in [1.54, 1.807) is 31.5 Å². The second-order valence-electron chi connectivity index (χ2n) is 9.63. The number of carboxylic acid groups (broad SMARTS) is 1. The third kappa shape index (κ3) is 3.78. The van der Waals surface area contributed by atoms with Crippen LogP contribution in [0, 0.1) is 18.6 Å². The molecule has 192 valence electrons. The Kier molecular flexibility index (Phi) is 5.45. The summed E-state index contributed by atoms with van der Waals surface area (Å²) in [6.07, 6.45) is 3.20. The highest BCUT2D eigenvalue weighted by molar-refractivity contribution is 5.85. The summed E-state index contributed by atoms with van der Waals surface area (Å²) in [6.45, 7) is 3.99. The molecule has 2 aromatic heterocycles. The van der Waals surface area contributed by atoms with Gasteiger partial charge in [0.1, 0.15) is 29.7 Å². The Morgan fingerprint density at radius 2 is 2.03 bits per heavy atom. The number of benzene rings is 3. The average Bonchev–Trinajstić information content (AvgIpc) is 3.63. The van der Waals surface area contributed by atoms with E-state index in [0.717, 1.165) is 10.9 Å². The van der Waals surface area contributed by atoms with Gasteiger partial charge in [0.15, 0.2) is 11.6 Å². The number of aromatic amines is 2. The van der Waals surface area contributed by atoms with E-state index in [4.69, 9.17) is 9.47 Å². The van der Waals surface area contributed by atoms with Crippen molar-refractivity contribution in [2.45, 2.75) is 25.7 Å². The van der Waals surface area contributed by atoms with Crippen LogP contribution < -0.4 is 9.47 Å². The normalized spacial score (nSPS) is 16.4. The van der Waals surface area contributed by atoms with Crippen LogP contribution in [0.5, 0.6) is 17.2 Å². The summed E-state index contributed by atoms with van der Waals surface area (Å²) in [5.41, 5.74) is 2.91. The molecule has 0 saturated carbocycles. The molecule has 3 aromatic carbocycles. The van der Waals surface area contributed by atoms with Gasteiger partial charge >= 0.3 is 5.97 Å². The van der Waals surface area contributed by atoms with Crippen LogP contribution in [0.15, 0.2) is 60.9 Å². The standard InChI is InChI=1S/C29H23F2N3O4/c1-15-18-8-9-32-23(18)12-22(31)26(15)38-17-6-7-21(30)19(11-17)28-33-13-24(34-28)29(2)14-37-27-16(10-25(35)36)4-3-5-20(27)29/h3-9,11-13,32H,10,14H2,1-2H3,(H,33,34)(H,35,36)/t29-/m1/s1. The molecule has 0 spiro atoms. The molecule has 0 aliphatic carbocycles. The van der Waals surface area contributed by atoms with E-state index < -0.39 is 23.0 Å². The highest BCUT2D eigenvalue weighted by atomic mass is 19.1. The number of carboxylic acids is 1. The summed E-state index contributed by atoms with van der Waals surface area (Å²) in [5.74, 6) is -0.841. The fraction of sp³-hybridized carbons (Fsp3) is 0.172. The number of fused-ring (bicyclic) bond motifs is 2. The Morgan fingerprint density at radius 1 is 1.18 bits per heavy atom. The minimum absolute atomic E-state index is 0.0687. The molecule has 6 rings (SSSR count). The molecule has 7 nitrogen and oxygen atoms in total. The number of nitrogens with one attached hydrogen (secondary N) is 2. The number of carbonyl (C=O) groups is 1. The highest BCUT2D eigenvalue weighted by Gasteiger charge is 2.41. The fourth-order valence-corrected chi connectivity index (χ4v) is 5.06. The number of aryl methyl sites for hydroxylation is 1. The molecule has 3 N–H and O–H groups in total. The van der Waals surface area contributed by atoms with Crippen molar-refractivity contribution in [3.05, 3.63) is 94.9 Å². The van der Waals surface area contributed by atoms with Crippen molar-refractivity contribution < 1.29 is 28.2 Å². The molecule has 38 heavy (non-hydrogen) atoms. The number of imidazole rings is 1. The van der Waals surface area contributed by atoms with Crippen molar-refractivity contribution in [2.24, 2.45) is 0 Å². The van der Waals surface area contributed by atoms with Gasteiger partial charge in [-0.15, -0.1) is 0 Å². The predicted molar refractivity (Wildman–Crippen MR) is 137 cm³/mol. The molecule has 0 saturated heterocycles. The maximum absolute atomic E-state index is 14.9. The van der Waals surface area contributed by atoms with Gasteiger partial charge in [0, 0.05) is 51.7 Å². The van der Waals surface area contributed by atoms with Crippen molar-refractivity contribution in [1.29, 1.82) is 0 Å². The number of ether oxygens (including phenoxy) is 2. The molecule has 3 heterocycles. The molecular weight excluding hydrogens is 492 g/mol. The maximum Gasteiger partial charge on any atom is 0.307 e. The number of hydrogen-bond acceptors (Lipinski definition) is 4. The molecule has 1 atom stereocenters. The van der Waals surface area contributed by atoms with Gasteiger partial charge in [-0.3, -0.25) is 4.79 Å². The zero-order chi connectivity index (χ0) is 26.6. The number of hydrogen-bond donors (Lipinski definition) is 3. The molecule has 1 aliphatic heterocycles. The topological polar surface area (TPSA) is 100 Å². The first kappa shape index (κ1) is 23.7. The van der Waals surface area contributed by atoms with Gasteiger partial charge < -0.3 is 24.5 Å². The van der Waals surface area contributed by atoms with E-state index in [-0.39, 0.29) is 35.9 Å². The molecular formula is C29H23F2N3O4. The maximum atomic E-state index is 14.9. The van der Waals surface area contributed by atoms with Gasteiger partial charge in [-0.1, -0.05) is 18.2 Å². The Labute approximate surface area is 216 Å². The number of aromatic nitrogens is 3. The Hall–Kier alpha value is -4.66. The summed E-state index contributed by atoms with van der Waals surface area (Å²) in [6, 6.07) is 12.8. The molecule has 0 fully saturated rings. The van der Waals surface area contributed by atoms with Crippen LogP contribution in [0.4, 0.5) is 8.78 Å².